The fourth-order valence-electron chi connectivity index (χ4n) is 9.92. The number of aryl methyl sites for hydroxylation is 6. The average molecular weight is 1250 g/mol. The Morgan fingerprint density at radius 3 is 0.978 bits per heavy atom. The van der Waals surface area contributed by atoms with Gasteiger partial charge in [-0.15, -0.1) is 0 Å². The highest BCUT2D eigenvalue weighted by Crippen LogP contribution is 2.24. The van der Waals surface area contributed by atoms with Crippen LogP contribution in [0.15, 0.2) is 73.6 Å². The van der Waals surface area contributed by atoms with Gasteiger partial charge in [0.1, 0.15) is 34.2 Å². The Labute approximate surface area is 520 Å². The standard InChI is InChI=1S/C60H84N18O12/c1-71(2)23-15-21-61-55(83)45-29-41(35-73(45)5)65-59(87)49-31-43(67-57(85)47-27-39(33-75(47)7)63-51(79)17-9-11-19-53(81)69-89)37-77(49)25-13-14-26-78-38-44(68-58(86)48-28-40(34-76(48)8)64-52(80)18-10-12-20-54(82)70-90)32-50(78)60(88)66-42-30-46(74(6)36-42)56(84)62-22-16-24-72(3)4/h27-38,89-90H,9-26H2,1-8H3,(H,61,83)(H,62,84)(H,63,79)(H,64,80)(H,65,87)(H,66,88)(H,67,85)(H,68,86)(H,69,81)(H,70,82)/p+2. The second kappa shape index (κ2) is 33.8. The summed E-state index contributed by atoms with van der Waals surface area (Å²) < 4.78 is 9.69. The fraction of sp³-hybridized carbons (Fsp3) is 0.433. The quantitative estimate of drug-likeness (QED) is 0.0155. The number of carbonyl (C=O) groups is 10. The molecule has 6 aromatic rings. The van der Waals surface area contributed by atoms with E-state index in [1.807, 2.05) is 38.0 Å². The molecule has 10 amide bonds. The average Bonchev–Trinajstić information content (AvgIpc) is 1.91. The molecule has 0 fully saturated rings. The van der Waals surface area contributed by atoms with Crippen LogP contribution >= 0.6 is 0 Å². The van der Waals surface area contributed by atoms with Crippen LogP contribution in [0.3, 0.4) is 0 Å². The highest BCUT2D eigenvalue weighted by Gasteiger charge is 2.24. The van der Waals surface area contributed by atoms with E-state index in [-0.39, 0.29) is 96.6 Å². The predicted octanol–water partition coefficient (Wildman–Crippen LogP) is 2.45. The Morgan fingerprint density at radius 2 is 0.644 bits per heavy atom. The Balaban J connectivity index is 1.21. The molecule has 30 heteroatoms. The smallest absolute Gasteiger partial charge is 0.344 e. The van der Waals surface area contributed by atoms with Crippen LogP contribution < -0.4 is 53.5 Å². The summed E-state index contributed by atoms with van der Waals surface area (Å²) in [5.74, 6) is -4.33. The number of nitrogens with one attached hydrogen (secondary N) is 8. The topological polar surface area (TPSA) is 377 Å². The molecule has 6 aromatic heterocycles. The molecule has 0 radical (unpaired) electrons. The summed E-state index contributed by atoms with van der Waals surface area (Å²) in [6, 6.07) is 9.24. The number of hydrogen-bond acceptors (Lipinski definition) is 14. The lowest BCUT2D eigenvalue weighted by molar-refractivity contribution is -0.556. The second-order valence-electron chi connectivity index (χ2n) is 22.6. The van der Waals surface area contributed by atoms with Gasteiger partial charge in [-0.25, -0.2) is 20.5 Å². The van der Waals surface area contributed by atoms with E-state index in [1.165, 1.54) is 33.4 Å². The van der Waals surface area contributed by atoms with Crippen molar-refractivity contribution >= 4 is 93.2 Å². The number of nitrogens with two attached hydrogens (primary N) is 2. The molecule has 0 bridgehead atoms. The van der Waals surface area contributed by atoms with E-state index >= 15 is 0 Å². The third-order valence-corrected chi connectivity index (χ3v) is 14.5. The molecular formula is C60H86N18O12+2. The van der Waals surface area contributed by atoms with Crippen molar-refractivity contribution in [1.82, 2.24) is 48.2 Å². The van der Waals surface area contributed by atoms with Gasteiger partial charge in [-0.1, -0.05) is 0 Å². The molecular weight excluding hydrogens is 1160 g/mol. The van der Waals surface area contributed by atoms with Crippen LogP contribution in [0.2, 0.25) is 0 Å². The van der Waals surface area contributed by atoms with E-state index in [2.05, 4.69) is 31.9 Å². The molecule has 0 spiro atoms. The molecule has 0 aliphatic rings. The molecule has 6 rings (SSSR count). The summed E-state index contributed by atoms with van der Waals surface area (Å²) in [7, 11) is 14.5. The maximum atomic E-state index is 14.3. The first-order valence-electron chi connectivity index (χ1n) is 29.7. The van der Waals surface area contributed by atoms with E-state index in [0.717, 1.165) is 25.9 Å². The normalized spacial score (nSPS) is 11.2. The minimum atomic E-state index is -0.552. The Morgan fingerprint density at radius 1 is 0.367 bits per heavy atom. The molecule has 14 N–H and O–H groups in total. The van der Waals surface area contributed by atoms with Gasteiger partial charge in [0.05, 0.1) is 47.2 Å². The highest BCUT2D eigenvalue weighted by molar-refractivity contribution is 6.09. The lowest BCUT2D eigenvalue weighted by atomic mass is 10.2. The predicted molar refractivity (Wildman–Crippen MR) is 334 cm³/mol. The molecule has 0 aromatic carbocycles. The first-order valence-corrected chi connectivity index (χ1v) is 29.7. The van der Waals surface area contributed by atoms with Crippen molar-refractivity contribution in [3.8, 4) is 0 Å². The van der Waals surface area contributed by atoms with Crippen LogP contribution in [-0.2, 0) is 60.5 Å². The van der Waals surface area contributed by atoms with Crippen molar-refractivity contribution in [2.75, 3.05) is 86.3 Å². The summed E-state index contributed by atoms with van der Waals surface area (Å²) in [5.41, 5.74) is 6.56. The number of hydrogen-bond donors (Lipinski definition) is 12. The highest BCUT2D eigenvalue weighted by atomic mass is 16.5. The van der Waals surface area contributed by atoms with Gasteiger partial charge >= 0.3 is 11.8 Å². The van der Waals surface area contributed by atoms with E-state index in [1.54, 1.807) is 117 Å². The maximum Gasteiger partial charge on any atom is 0.359 e. The van der Waals surface area contributed by atoms with Gasteiger partial charge in [0, 0.05) is 130 Å². The zero-order valence-corrected chi connectivity index (χ0v) is 52.4. The van der Waals surface area contributed by atoms with E-state index in [9.17, 15) is 47.9 Å². The fourth-order valence-corrected chi connectivity index (χ4v) is 9.92. The Bertz CT molecular complexity index is 3300. The van der Waals surface area contributed by atoms with Gasteiger partial charge in [-0.2, -0.15) is 0 Å². The maximum absolute atomic E-state index is 14.3. The van der Waals surface area contributed by atoms with Crippen molar-refractivity contribution in [2.45, 2.75) is 90.1 Å². The van der Waals surface area contributed by atoms with Gasteiger partial charge in [0.15, 0.2) is 0 Å². The third-order valence-electron chi connectivity index (χ3n) is 14.5. The number of amides is 10. The lowest BCUT2D eigenvalue weighted by Gasteiger charge is -2.11. The van der Waals surface area contributed by atoms with Crippen LogP contribution in [0.4, 0.5) is 34.1 Å². The largest absolute Gasteiger partial charge is 0.359 e. The monoisotopic (exact) mass is 1250 g/mol. The Hall–Kier alpha value is -9.46. The Kier molecular flexibility index (Phi) is 26.1. The molecule has 0 aliphatic heterocycles. The zero-order valence-electron chi connectivity index (χ0n) is 52.4. The molecule has 0 saturated heterocycles. The summed E-state index contributed by atoms with van der Waals surface area (Å²) in [6.45, 7) is 3.24. The number of quaternary nitrogens is 2. The zero-order chi connectivity index (χ0) is 65.6. The van der Waals surface area contributed by atoms with Crippen LogP contribution in [-0.4, -0.2) is 161 Å². The summed E-state index contributed by atoms with van der Waals surface area (Å²) in [5, 5.41) is 37.8. The van der Waals surface area contributed by atoms with Crippen LogP contribution in [0.5, 0.6) is 0 Å². The number of rotatable bonds is 35. The van der Waals surface area contributed by atoms with Crippen molar-refractivity contribution in [3.05, 3.63) is 108 Å². The van der Waals surface area contributed by atoms with Crippen molar-refractivity contribution in [3.63, 3.8) is 0 Å². The molecule has 0 saturated carbocycles. The van der Waals surface area contributed by atoms with Crippen molar-refractivity contribution in [1.29, 1.82) is 0 Å². The van der Waals surface area contributed by atoms with Gasteiger partial charge in [-0.3, -0.25) is 59.4 Å². The van der Waals surface area contributed by atoms with E-state index < -0.39 is 35.4 Å². The number of nitrogens with zero attached hydrogens (tertiary/aromatic N) is 8. The molecule has 0 unspecified atom stereocenters. The minimum absolute atomic E-state index is 0.0550. The van der Waals surface area contributed by atoms with Gasteiger partial charge in [-0.05, 0) is 103 Å². The van der Waals surface area contributed by atoms with Crippen molar-refractivity contribution in [2.24, 2.45) is 28.2 Å². The SMILES string of the molecule is CN(C)CCC[NH2+]C(=O)c1cc(NC(=O)c2cc(NC(=O)c3cc(NC(=O)CCCCC(=O)NO)cn3C)cn2CCCCn2cc(NC(=O)c3cc(NC(=O)CCCCC(=O)NO)cn3C)cc2C(=O)Nc2cc(C(=O)[NH2+]CCCN(C)C)n(C)c2)cn1C. The molecule has 0 aliphatic carbocycles. The lowest BCUT2D eigenvalue weighted by Crippen LogP contribution is -2.88. The molecule has 486 valence electrons. The summed E-state index contributed by atoms with van der Waals surface area (Å²) in [6.07, 6.45) is 13.9. The first-order chi connectivity index (χ1) is 42.9. The number of unbranched alkanes of at least 4 members (excludes halogenated alkanes) is 3. The number of anilines is 6. The first kappa shape index (κ1) is 69.6. The molecule has 90 heavy (non-hydrogen) atoms. The number of carbonyl (C=O) groups excluding carboxylic acids is 10. The molecule has 0 atom stereocenters. The summed E-state index contributed by atoms with van der Waals surface area (Å²) >= 11 is 0. The van der Waals surface area contributed by atoms with Gasteiger partial charge in [0.2, 0.25) is 23.6 Å². The van der Waals surface area contributed by atoms with Crippen molar-refractivity contribution < 1.29 is 69.0 Å². The van der Waals surface area contributed by atoms with Crippen LogP contribution in [0.25, 0.3) is 0 Å². The van der Waals surface area contributed by atoms with Crippen LogP contribution in [0, 0.1) is 0 Å². The van der Waals surface area contributed by atoms with E-state index in [4.69, 9.17) is 10.4 Å². The van der Waals surface area contributed by atoms with Crippen LogP contribution in [0.1, 0.15) is 140 Å². The van der Waals surface area contributed by atoms with E-state index in [0.29, 0.717) is 85.8 Å². The second-order valence-corrected chi connectivity index (χ2v) is 22.6. The number of hydroxylamine groups is 2. The van der Waals surface area contributed by atoms with Gasteiger partial charge in [0.25, 0.3) is 23.6 Å². The molecule has 6 heterocycles. The molecule has 30 nitrogen and oxygen atoms in total. The summed E-state index contributed by atoms with van der Waals surface area (Å²) in [4.78, 5) is 135. The number of primary amides is 2. The minimum Gasteiger partial charge on any atom is -0.344 e. The number of aromatic nitrogens is 6. The third kappa shape index (κ3) is 21.1. The van der Waals surface area contributed by atoms with Gasteiger partial charge < -0.3 is 69.1 Å².